The highest BCUT2D eigenvalue weighted by Crippen LogP contribution is 2.02. The average molecular weight is 260 g/mol. The average Bonchev–Trinajstić information content (AvgIpc) is 2.36. The van der Waals surface area contributed by atoms with Crippen molar-refractivity contribution in [2.24, 2.45) is 0 Å². The molecule has 98 valence electrons. The first-order chi connectivity index (χ1) is 9.04. The van der Waals surface area contributed by atoms with Crippen LogP contribution in [0.15, 0.2) is 23.0 Å². The van der Waals surface area contributed by atoms with Gasteiger partial charge in [0.25, 0.3) is 11.5 Å². The van der Waals surface area contributed by atoms with Gasteiger partial charge in [0.1, 0.15) is 0 Å². The van der Waals surface area contributed by atoms with Crippen LogP contribution in [-0.4, -0.2) is 26.1 Å². The van der Waals surface area contributed by atoms with Crippen molar-refractivity contribution in [2.45, 2.75) is 13.8 Å². The Labute approximate surface area is 108 Å². The molecule has 8 heteroatoms. The summed E-state index contributed by atoms with van der Waals surface area (Å²) >= 11 is 0. The molecule has 0 aliphatic carbocycles. The van der Waals surface area contributed by atoms with Gasteiger partial charge in [-0.05, 0) is 26.0 Å². The number of nitrogens with one attached hydrogen (secondary N) is 3. The Balaban J connectivity index is 2.04. The van der Waals surface area contributed by atoms with E-state index in [1.165, 1.54) is 12.1 Å². The number of anilines is 1. The SMILES string of the molecule is Cc1cc(C)nc(NNC(=O)c2ccc(=O)[nH]n2)n1. The molecule has 0 saturated heterocycles. The molecule has 0 fully saturated rings. The molecular weight excluding hydrogens is 248 g/mol. The van der Waals surface area contributed by atoms with Crippen molar-refractivity contribution >= 4 is 11.9 Å². The zero-order valence-electron chi connectivity index (χ0n) is 10.4. The molecular formula is C11H12N6O2. The molecule has 0 aliphatic rings. The van der Waals surface area contributed by atoms with E-state index in [1.54, 1.807) is 0 Å². The number of nitrogens with zero attached hydrogens (tertiary/aromatic N) is 3. The number of hydrazine groups is 1. The maximum Gasteiger partial charge on any atom is 0.290 e. The van der Waals surface area contributed by atoms with Crippen LogP contribution in [0.4, 0.5) is 5.95 Å². The number of aromatic amines is 1. The molecule has 0 bridgehead atoms. The Morgan fingerprint density at radius 1 is 1.21 bits per heavy atom. The fraction of sp³-hybridized carbons (Fsp3) is 0.182. The van der Waals surface area contributed by atoms with Crippen molar-refractivity contribution in [3.05, 3.63) is 45.6 Å². The normalized spacial score (nSPS) is 10.0. The lowest BCUT2D eigenvalue weighted by molar-refractivity contribution is 0.0956. The number of H-pyrrole nitrogens is 1. The van der Waals surface area contributed by atoms with E-state index in [9.17, 15) is 9.59 Å². The molecule has 0 radical (unpaired) electrons. The molecule has 1 amide bonds. The Kier molecular flexibility index (Phi) is 3.51. The number of hydrogen-bond acceptors (Lipinski definition) is 6. The molecule has 3 N–H and O–H groups in total. The topological polar surface area (TPSA) is 113 Å². The fourth-order valence-corrected chi connectivity index (χ4v) is 1.43. The molecule has 19 heavy (non-hydrogen) atoms. The third-order valence-corrected chi connectivity index (χ3v) is 2.18. The number of carbonyl (C=O) groups is 1. The molecule has 0 spiro atoms. The van der Waals surface area contributed by atoms with Crippen molar-refractivity contribution in [3.8, 4) is 0 Å². The lowest BCUT2D eigenvalue weighted by Crippen LogP contribution is -2.31. The van der Waals surface area contributed by atoms with E-state index in [-0.39, 0.29) is 17.2 Å². The first-order valence-electron chi connectivity index (χ1n) is 5.49. The molecule has 0 saturated carbocycles. The van der Waals surface area contributed by atoms with Crippen LogP contribution in [-0.2, 0) is 0 Å². The summed E-state index contributed by atoms with van der Waals surface area (Å²) in [7, 11) is 0. The van der Waals surface area contributed by atoms with Crippen LogP contribution in [0.1, 0.15) is 21.9 Å². The Hall–Kier alpha value is -2.77. The van der Waals surface area contributed by atoms with E-state index in [4.69, 9.17) is 0 Å². The summed E-state index contributed by atoms with van der Waals surface area (Å²) in [5, 5.41) is 5.77. The molecule has 0 atom stereocenters. The van der Waals surface area contributed by atoms with Crippen LogP contribution in [0.5, 0.6) is 0 Å². The minimum atomic E-state index is -0.501. The van der Waals surface area contributed by atoms with Gasteiger partial charge in [0.05, 0.1) is 0 Å². The Morgan fingerprint density at radius 2 is 1.89 bits per heavy atom. The van der Waals surface area contributed by atoms with Crippen molar-refractivity contribution in [1.29, 1.82) is 0 Å². The van der Waals surface area contributed by atoms with E-state index in [0.717, 1.165) is 11.4 Å². The number of carbonyl (C=O) groups excluding carboxylic acids is 1. The molecule has 2 aromatic heterocycles. The maximum absolute atomic E-state index is 11.7. The summed E-state index contributed by atoms with van der Waals surface area (Å²) in [5.41, 5.74) is 6.25. The van der Waals surface area contributed by atoms with Crippen LogP contribution in [0.2, 0.25) is 0 Å². The summed E-state index contributed by atoms with van der Waals surface area (Å²) in [6, 6.07) is 4.35. The molecule has 0 unspecified atom stereocenters. The predicted molar refractivity (Wildman–Crippen MR) is 67.5 cm³/mol. The first kappa shape index (κ1) is 12.7. The van der Waals surface area contributed by atoms with Crippen molar-refractivity contribution in [1.82, 2.24) is 25.6 Å². The van der Waals surface area contributed by atoms with Gasteiger partial charge in [-0.1, -0.05) is 0 Å². The van der Waals surface area contributed by atoms with Gasteiger partial charge in [0.2, 0.25) is 5.95 Å². The standard InChI is InChI=1S/C11H12N6O2/c1-6-5-7(2)13-11(12-6)17-16-10(19)8-3-4-9(18)15-14-8/h3-5H,1-2H3,(H,15,18)(H,16,19)(H,12,13,17). The summed E-state index contributed by atoms with van der Waals surface area (Å²) in [4.78, 5) is 30.7. The molecule has 2 aromatic rings. The van der Waals surface area contributed by atoms with Gasteiger partial charge >= 0.3 is 0 Å². The second kappa shape index (κ2) is 5.25. The summed E-state index contributed by atoms with van der Waals surface area (Å²) in [6.45, 7) is 3.65. The number of hydrogen-bond donors (Lipinski definition) is 3. The fourth-order valence-electron chi connectivity index (χ4n) is 1.43. The number of rotatable bonds is 3. The van der Waals surface area contributed by atoms with Gasteiger partial charge in [0.15, 0.2) is 5.69 Å². The van der Waals surface area contributed by atoms with Crippen LogP contribution in [0, 0.1) is 13.8 Å². The number of amides is 1. The molecule has 2 heterocycles. The van der Waals surface area contributed by atoms with Gasteiger partial charge < -0.3 is 0 Å². The molecule has 0 aliphatic heterocycles. The highest BCUT2D eigenvalue weighted by molar-refractivity contribution is 5.92. The van der Waals surface area contributed by atoms with Crippen molar-refractivity contribution in [3.63, 3.8) is 0 Å². The van der Waals surface area contributed by atoms with E-state index in [2.05, 4.69) is 31.0 Å². The van der Waals surface area contributed by atoms with Crippen molar-refractivity contribution < 1.29 is 4.79 Å². The Morgan fingerprint density at radius 3 is 2.47 bits per heavy atom. The third kappa shape index (κ3) is 3.35. The monoisotopic (exact) mass is 260 g/mol. The summed E-state index contributed by atoms with van der Waals surface area (Å²) in [5.74, 6) is -0.214. The van der Waals surface area contributed by atoms with Crippen LogP contribution in [0.3, 0.4) is 0 Å². The predicted octanol–water partition coefficient (Wildman–Crippen LogP) is -0.0664. The minimum Gasteiger partial charge on any atom is -0.268 e. The first-order valence-corrected chi connectivity index (χ1v) is 5.49. The van der Waals surface area contributed by atoms with E-state index >= 15 is 0 Å². The van der Waals surface area contributed by atoms with Crippen LogP contribution in [0.25, 0.3) is 0 Å². The largest absolute Gasteiger partial charge is 0.290 e. The third-order valence-electron chi connectivity index (χ3n) is 2.18. The second-order valence-corrected chi connectivity index (χ2v) is 3.86. The van der Waals surface area contributed by atoms with Crippen molar-refractivity contribution in [2.75, 3.05) is 5.43 Å². The van der Waals surface area contributed by atoms with Gasteiger partial charge in [-0.3, -0.25) is 20.4 Å². The maximum atomic E-state index is 11.7. The summed E-state index contributed by atoms with van der Waals surface area (Å²) < 4.78 is 0. The van der Waals surface area contributed by atoms with E-state index < -0.39 is 5.91 Å². The smallest absolute Gasteiger partial charge is 0.268 e. The lowest BCUT2D eigenvalue weighted by Gasteiger charge is -2.07. The Bertz CT molecular complexity index is 626. The van der Waals surface area contributed by atoms with Gasteiger partial charge in [-0.25, -0.2) is 15.1 Å². The minimum absolute atomic E-state index is 0.0801. The summed E-state index contributed by atoms with van der Waals surface area (Å²) in [6.07, 6.45) is 0. The van der Waals surface area contributed by atoms with Crippen LogP contribution >= 0.6 is 0 Å². The molecule has 8 nitrogen and oxygen atoms in total. The van der Waals surface area contributed by atoms with Gasteiger partial charge in [-0.2, -0.15) is 5.10 Å². The zero-order valence-corrected chi connectivity index (χ0v) is 10.4. The van der Waals surface area contributed by atoms with E-state index in [1.807, 2.05) is 19.9 Å². The van der Waals surface area contributed by atoms with Gasteiger partial charge in [0, 0.05) is 17.5 Å². The number of aryl methyl sites for hydroxylation is 2. The molecule has 0 aromatic carbocycles. The van der Waals surface area contributed by atoms with E-state index in [0.29, 0.717) is 0 Å². The highest BCUT2D eigenvalue weighted by atomic mass is 16.2. The second-order valence-electron chi connectivity index (χ2n) is 3.86. The molecule has 2 rings (SSSR count). The quantitative estimate of drug-likeness (QED) is 0.666. The lowest BCUT2D eigenvalue weighted by atomic mass is 10.4. The van der Waals surface area contributed by atoms with Gasteiger partial charge in [-0.15, -0.1) is 0 Å². The highest BCUT2D eigenvalue weighted by Gasteiger charge is 2.07. The zero-order chi connectivity index (χ0) is 13.8. The van der Waals surface area contributed by atoms with Crippen LogP contribution < -0.4 is 16.4 Å². The number of aromatic nitrogens is 4.